The molecule has 2 heterocycles. The van der Waals surface area contributed by atoms with E-state index in [9.17, 15) is 4.79 Å². The van der Waals surface area contributed by atoms with Gasteiger partial charge in [0.05, 0.1) is 5.57 Å². The fraction of sp³-hybridized carbons (Fsp3) is 0.308. The topological polar surface area (TPSA) is 32.3 Å². The Morgan fingerprint density at radius 3 is 2.82 bits per heavy atom. The molecular weight excluding hydrogens is 236 g/mol. The minimum atomic E-state index is -0.0332. The predicted molar refractivity (Wildman–Crippen MR) is 68.9 cm³/mol. The fourth-order valence-electron chi connectivity index (χ4n) is 2.34. The van der Waals surface area contributed by atoms with Gasteiger partial charge in [0.25, 0.3) is 5.91 Å². The number of hydrogen-bond acceptors (Lipinski definition) is 2. The predicted octanol–water partition coefficient (Wildman–Crippen LogP) is 2.73. The van der Waals surface area contributed by atoms with Crippen LogP contribution in [0.15, 0.2) is 24.4 Å². The highest BCUT2D eigenvalue weighted by molar-refractivity contribution is 6.34. The number of carbonyl (C=O) groups excluding carboxylic acids is 1. The zero-order valence-corrected chi connectivity index (χ0v) is 10.1. The average Bonchev–Trinajstić information content (AvgIpc) is 2.90. The first-order chi connectivity index (χ1) is 8.24. The zero-order valence-electron chi connectivity index (χ0n) is 9.37. The van der Waals surface area contributed by atoms with Crippen LogP contribution < -0.4 is 5.32 Å². The summed E-state index contributed by atoms with van der Waals surface area (Å²) >= 11 is 5.97. The van der Waals surface area contributed by atoms with Crippen LogP contribution in [-0.4, -0.2) is 23.9 Å². The van der Waals surface area contributed by atoms with Crippen LogP contribution in [0.3, 0.4) is 0 Å². The second-order valence-electron chi connectivity index (χ2n) is 4.43. The second kappa shape index (κ2) is 4.08. The van der Waals surface area contributed by atoms with E-state index in [0.29, 0.717) is 5.02 Å². The molecule has 88 valence electrons. The largest absolute Gasteiger partial charge is 0.377 e. The molecule has 2 aliphatic heterocycles. The summed E-state index contributed by atoms with van der Waals surface area (Å²) in [5.74, 6) is -0.0332. The van der Waals surface area contributed by atoms with Crippen molar-refractivity contribution in [1.82, 2.24) is 4.90 Å². The van der Waals surface area contributed by atoms with Gasteiger partial charge in [0.2, 0.25) is 0 Å². The lowest BCUT2D eigenvalue weighted by molar-refractivity contribution is -0.110. The zero-order chi connectivity index (χ0) is 11.8. The lowest BCUT2D eigenvalue weighted by Crippen LogP contribution is -2.14. The Kier molecular flexibility index (Phi) is 2.56. The van der Waals surface area contributed by atoms with Crippen molar-refractivity contribution in [2.75, 3.05) is 18.4 Å². The molecule has 2 aliphatic rings. The van der Waals surface area contributed by atoms with Crippen molar-refractivity contribution >= 4 is 28.8 Å². The number of fused-ring (bicyclic) bond motifs is 1. The molecule has 3 nitrogen and oxygen atoms in total. The highest BCUT2D eigenvalue weighted by Gasteiger charge is 2.25. The molecule has 1 aromatic rings. The van der Waals surface area contributed by atoms with Gasteiger partial charge in [-0.3, -0.25) is 4.79 Å². The van der Waals surface area contributed by atoms with Crippen LogP contribution in [0.5, 0.6) is 0 Å². The quantitative estimate of drug-likeness (QED) is 0.775. The maximum atomic E-state index is 11.9. The Balaban J connectivity index is 2.00. The number of benzene rings is 1. The number of nitrogens with one attached hydrogen (secondary N) is 1. The first kappa shape index (κ1) is 10.7. The smallest absolute Gasteiger partial charge is 0.257 e. The number of nitrogens with zero attached hydrogens (tertiary/aromatic N) is 1. The Morgan fingerprint density at radius 2 is 2.06 bits per heavy atom. The average molecular weight is 249 g/mol. The lowest BCUT2D eigenvalue weighted by Gasteiger charge is -2.11. The summed E-state index contributed by atoms with van der Waals surface area (Å²) in [4.78, 5) is 14.1. The monoisotopic (exact) mass is 248 g/mol. The molecule has 0 atom stereocenters. The molecule has 1 fully saturated rings. The normalized spacial score (nSPS) is 20.9. The number of likely N-dealkylation sites (tertiary alicyclic amines) is 1. The van der Waals surface area contributed by atoms with Gasteiger partial charge in [0.15, 0.2) is 0 Å². The number of carbonyl (C=O) groups is 1. The molecule has 17 heavy (non-hydrogen) atoms. The van der Waals surface area contributed by atoms with Crippen molar-refractivity contribution < 1.29 is 4.79 Å². The van der Waals surface area contributed by atoms with E-state index < -0.39 is 0 Å². The third-order valence-corrected chi connectivity index (χ3v) is 3.45. The van der Waals surface area contributed by atoms with Crippen LogP contribution in [-0.2, 0) is 4.79 Å². The van der Waals surface area contributed by atoms with Crippen LogP contribution in [0.2, 0.25) is 5.02 Å². The third kappa shape index (κ3) is 1.91. The van der Waals surface area contributed by atoms with Crippen molar-refractivity contribution in [3.8, 4) is 0 Å². The summed E-state index contributed by atoms with van der Waals surface area (Å²) in [7, 11) is 0. The number of amides is 1. The molecule has 1 N–H and O–H groups in total. The summed E-state index contributed by atoms with van der Waals surface area (Å²) in [6.07, 6.45) is 4.37. The van der Waals surface area contributed by atoms with Gasteiger partial charge in [-0.1, -0.05) is 11.6 Å². The van der Waals surface area contributed by atoms with Gasteiger partial charge in [-0.2, -0.15) is 0 Å². The van der Waals surface area contributed by atoms with E-state index in [0.717, 1.165) is 29.9 Å². The Labute approximate surface area is 105 Å². The van der Waals surface area contributed by atoms with Gasteiger partial charge in [-0.15, -0.1) is 0 Å². The summed E-state index contributed by atoms with van der Waals surface area (Å²) in [5, 5.41) is 3.52. The molecule has 0 spiro atoms. The number of rotatable bonds is 1. The Hall–Kier alpha value is -1.48. The molecule has 0 saturated carbocycles. The first-order valence-corrected chi connectivity index (χ1v) is 6.19. The van der Waals surface area contributed by atoms with Gasteiger partial charge in [0.1, 0.15) is 0 Å². The molecule has 0 bridgehead atoms. The van der Waals surface area contributed by atoms with Crippen molar-refractivity contribution in [1.29, 1.82) is 0 Å². The first-order valence-electron chi connectivity index (χ1n) is 5.81. The van der Waals surface area contributed by atoms with Gasteiger partial charge >= 0.3 is 0 Å². The van der Waals surface area contributed by atoms with E-state index >= 15 is 0 Å². The number of hydrogen-bond donors (Lipinski definition) is 1. The molecule has 0 aromatic heterocycles. The van der Waals surface area contributed by atoms with Gasteiger partial charge in [0, 0.05) is 35.6 Å². The molecule has 4 heteroatoms. The van der Waals surface area contributed by atoms with Gasteiger partial charge < -0.3 is 10.2 Å². The second-order valence-corrected chi connectivity index (χ2v) is 4.87. The molecule has 3 rings (SSSR count). The van der Waals surface area contributed by atoms with E-state index in [-0.39, 0.29) is 5.91 Å². The summed E-state index contributed by atoms with van der Waals surface area (Å²) in [6.45, 7) is 2.07. The Morgan fingerprint density at radius 1 is 1.29 bits per heavy atom. The van der Waals surface area contributed by atoms with Gasteiger partial charge in [-0.05, 0) is 31.0 Å². The van der Waals surface area contributed by atoms with Crippen molar-refractivity contribution in [3.05, 3.63) is 35.0 Å². The van der Waals surface area contributed by atoms with Crippen molar-refractivity contribution in [2.45, 2.75) is 12.8 Å². The van der Waals surface area contributed by atoms with E-state index in [1.165, 1.54) is 12.8 Å². The maximum Gasteiger partial charge on any atom is 0.257 e. The lowest BCUT2D eigenvalue weighted by atomic mass is 10.1. The van der Waals surface area contributed by atoms with E-state index in [1.54, 1.807) is 6.07 Å². The van der Waals surface area contributed by atoms with Crippen LogP contribution >= 0.6 is 11.6 Å². The highest BCUT2D eigenvalue weighted by atomic mass is 35.5. The van der Waals surface area contributed by atoms with Crippen LogP contribution in [0.1, 0.15) is 18.4 Å². The minimum absolute atomic E-state index is 0.0332. The SMILES string of the molecule is O=C1Nc2ccc(Cl)cc2/C1=C\N1CCCC1. The Bertz CT molecular complexity index is 504. The number of halogens is 1. The molecule has 1 amide bonds. The van der Waals surface area contributed by atoms with E-state index in [2.05, 4.69) is 10.2 Å². The third-order valence-electron chi connectivity index (χ3n) is 3.22. The van der Waals surface area contributed by atoms with E-state index in [1.807, 2.05) is 18.3 Å². The standard InChI is InChI=1S/C13H13ClN2O/c14-9-3-4-12-10(7-9)11(13(17)15-12)8-16-5-1-2-6-16/h3-4,7-8H,1-2,5-6H2,(H,15,17)/b11-8+. The maximum absolute atomic E-state index is 11.9. The fourth-order valence-corrected chi connectivity index (χ4v) is 2.51. The molecule has 0 unspecified atom stereocenters. The molecular formula is C13H13ClN2O. The summed E-state index contributed by atoms with van der Waals surface area (Å²) in [6, 6.07) is 5.48. The molecule has 1 aromatic carbocycles. The molecule has 1 saturated heterocycles. The van der Waals surface area contributed by atoms with E-state index in [4.69, 9.17) is 11.6 Å². The van der Waals surface area contributed by atoms with Crippen LogP contribution in [0, 0.1) is 0 Å². The van der Waals surface area contributed by atoms with Crippen LogP contribution in [0.4, 0.5) is 5.69 Å². The highest BCUT2D eigenvalue weighted by Crippen LogP contribution is 2.34. The number of anilines is 1. The summed E-state index contributed by atoms with van der Waals surface area (Å²) in [5.41, 5.74) is 2.49. The molecule has 0 aliphatic carbocycles. The summed E-state index contributed by atoms with van der Waals surface area (Å²) < 4.78 is 0. The van der Waals surface area contributed by atoms with Crippen molar-refractivity contribution in [2.24, 2.45) is 0 Å². The van der Waals surface area contributed by atoms with Gasteiger partial charge in [-0.25, -0.2) is 0 Å². The molecule has 0 radical (unpaired) electrons. The van der Waals surface area contributed by atoms with Crippen LogP contribution in [0.25, 0.3) is 5.57 Å². The minimum Gasteiger partial charge on any atom is -0.377 e. The van der Waals surface area contributed by atoms with Crippen molar-refractivity contribution in [3.63, 3.8) is 0 Å².